The van der Waals surface area contributed by atoms with Crippen LogP contribution in [0.4, 0.5) is 0 Å². The first kappa shape index (κ1) is 14.2. The molecule has 0 aliphatic rings. The van der Waals surface area contributed by atoms with Crippen LogP contribution in [0.1, 0.15) is 18.4 Å². The highest BCUT2D eigenvalue weighted by Gasteiger charge is 2.07. The van der Waals surface area contributed by atoms with Crippen LogP contribution in [0, 0.1) is 0 Å². The number of nitrogens with one attached hydrogen (secondary N) is 2. The van der Waals surface area contributed by atoms with E-state index in [1.54, 1.807) is 11.3 Å². The lowest BCUT2D eigenvalue weighted by Crippen LogP contribution is -2.18. The molecule has 2 rings (SSSR count). The van der Waals surface area contributed by atoms with E-state index >= 15 is 0 Å². The van der Waals surface area contributed by atoms with Crippen LogP contribution in [0.3, 0.4) is 0 Å². The fraction of sp³-hybridized carbons (Fsp3) is 0.500. The summed E-state index contributed by atoms with van der Waals surface area (Å²) in [6.07, 6.45) is 4.37. The van der Waals surface area contributed by atoms with Gasteiger partial charge in [-0.15, -0.1) is 11.3 Å². The lowest BCUT2D eigenvalue weighted by atomic mass is 10.2. The van der Waals surface area contributed by atoms with Crippen LogP contribution in [-0.2, 0) is 6.54 Å². The molecule has 5 heteroatoms. The highest BCUT2D eigenvalue weighted by atomic mass is 32.1. The largest absolute Gasteiger partial charge is 0.313 e. The van der Waals surface area contributed by atoms with Gasteiger partial charge >= 0.3 is 0 Å². The van der Waals surface area contributed by atoms with Crippen LogP contribution in [-0.4, -0.2) is 42.3 Å². The van der Waals surface area contributed by atoms with Crippen molar-refractivity contribution in [3.05, 3.63) is 29.3 Å². The van der Waals surface area contributed by atoms with E-state index in [-0.39, 0.29) is 0 Å². The molecular weight excluding hydrogens is 256 g/mol. The molecule has 19 heavy (non-hydrogen) atoms. The summed E-state index contributed by atoms with van der Waals surface area (Å²) in [7, 11) is 4.23. The van der Waals surface area contributed by atoms with Crippen molar-refractivity contribution in [1.82, 2.24) is 20.4 Å². The van der Waals surface area contributed by atoms with Crippen LogP contribution in [0.5, 0.6) is 0 Å². The van der Waals surface area contributed by atoms with Crippen molar-refractivity contribution >= 4 is 11.3 Å². The van der Waals surface area contributed by atoms with Crippen molar-refractivity contribution in [1.29, 1.82) is 0 Å². The maximum Gasteiger partial charge on any atom is 0.0794 e. The molecule has 2 aromatic rings. The topological polar surface area (TPSA) is 44.0 Å². The normalized spacial score (nSPS) is 11.3. The Labute approximate surface area is 118 Å². The maximum absolute atomic E-state index is 4.15. The molecule has 0 bridgehead atoms. The monoisotopic (exact) mass is 278 g/mol. The number of aromatic amines is 1. The third kappa shape index (κ3) is 4.45. The molecule has 0 aliphatic carbocycles. The van der Waals surface area contributed by atoms with E-state index < -0.39 is 0 Å². The molecule has 0 saturated carbocycles. The number of unbranched alkanes of at least 4 members (excludes halogenated alkanes) is 1. The Hall–Kier alpha value is -1.17. The van der Waals surface area contributed by atoms with Gasteiger partial charge in [-0.3, -0.25) is 5.10 Å². The fourth-order valence-corrected chi connectivity index (χ4v) is 2.74. The Morgan fingerprint density at radius 2 is 2.26 bits per heavy atom. The van der Waals surface area contributed by atoms with E-state index in [1.807, 2.05) is 6.20 Å². The first-order chi connectivity index (χ1) is 9.27. The minimum atomic E-state index is 0.881. The second-order valence-corrected chi connectivity index (χ2v) is 5.88. The third-order valence-electron chi connectivity index (χ3n) is 3.01. The number of nitrogens with zero attached hydrogens (tertiary/aromatic N) is 2. The van der Waals surface area contributed by atoms with Crippen molar-refractivity contribution in [2.45, 2.75) is 19.4 Å². The second kappa shape index (κ2) is 7.43. The van der Waals surface area contributed by atoms with Crippen LogP contribution >= 0.6 is 11.3 Å². The summed E-state index contributed by atoms with van der Waals surface area (Å²) in [5.74, 6) is 0. The van der Waals surface area contributed by atoms with Crippen molar-refractivity contribution in [3.63, 3.8) is 0 Å². The Balaban J connectivity index is 1.74. The second-order valence-electron chi connectivity index (χ2n) is 4.93. The van der Waals surface area contributed by atoms with E-state index in [2.05, 4.69) is 52.0 Å². The summed E-state index contributed by atoms with van der Waals surface area (Å²) in [5, 5.41) is 12.8. The minimum absolute atomic E-state index is 0.881. The van der Waals surface area contributed by atoms with Gasteiger partial charge in [0.05, 0.1) is 16.8 Å². The highest BCUT2D eigenvalue weighted by Crippen LogP contribution is 2.25. The highest BCUT2D eigenvalue weighted by molar-refractivity contribution is 7.13. The predicted molar refractivity (Wildman–Crippen MR) is 81.4 cm³/mol. The van der Waals surface area contributed by atoms with Gasteiger partial charge in [0.2, 0.25) is 0 Å². The van der Waals surface area contributed by atoms with Gasteiger partial charge in [-0.1, -0.05) is 6.07 Å². The maximum atomic E-state index is 4.15. The molecule has 2 aromatic heterocycles. The van der Waals surface area contributed by atoms with E-state index in [9.17, 15) is 0 Å². The van der Waals surface area contributed by atoms with Crippen LogP contribution in [0.2, 0.25) is 0 Å². The number of H-pyrrole nitrogens is 1. The van der Waals surface area contributed by atoms with Crippen LogP contribution in [0.15, 0.2) is 23.7 Å². The fourth-order valence-electron chi connectivity index (χ4n) is 1.98. The molecular formula is C14H22N4S. The molecule has 0 saturated heterocycles. The predicted octanol–water partition coefficient (Wildman–Crippen LogP) is 2.57. The van der Waals surface area contributed by atoms with Gasteiger partial charge in [-0.05, 0) is 51.5 Å². The molecule has 2 N–H and O–H groups in total. The standard InChI is InChI=1S/C14H22N4S/c1-18(2)8-4-3-7-15-10-12-11-16-17-14(12)13-6-5-9-19-13/h5-6,9,11,15H,3-4,7-8,10H2,1-2H3,(H,16,17). The van der Waals surface area contributed by atoms with Crippen molar-refractivity contribution < 1.29 is 0 Å². The van der Waals surface area contributed by atoms with Crippen LogP contribution in [0.25, 0.3) is 10.6 Å². The van der Waals surface area contributed by atoms with Gasteiger partial charge < -0.3 is 10.2 Å². The molecule has 0 amide bonds. The van der Waals surface area contributed by atoms with Crippen molar-refractivity contribution in [2.24, 2.45) is 0 Å². The zero-order chi connectivity index (χ0) is 13.5. The van der Waals surface area contributed by atoms with Crippen molar-refractivity contribution in [3.8, 4) is 10.6 Å². The van der Waals surface area contributed by atoms with E-state index in [0.717, 1.165) is 25.3 Å². The number of thiophene rings is 1. The zero-order valence-electron chi connectivity index (χ0n) is 11.6. The molecule has 104 valence electrons. The molecule has 0 radical (unpaired) electrons. The number of aromatic nitrogens is 2. The summed E-state index contributed by atoms with van der Waals surface area (Å²) in [6.45, 7) is 3.10. The molecule has 4 nitrogen and oxygen atoms in total. The molecule has 0 unspecified atom stereocenters. The van der Waals surface area contributed by atoms with E-state index in [1.165, 1.54) is 23.3 Å². The summed E-state index contributed by atoms with van der Waals surface area (Å²) in [6, 6.07) is 4.19. The van der Waals surface area contributed by atoms with Crippen LogP contribution < -0.4 is 5.32 Å². The molecule has 0 aliphatic heterocycles. The molecule has 0 fully saturated rings. The first-order valence-electron chi connectivity index (χ1n) is 6.69. The average Bonchev–Trinajstić information content (AvgIpc) is 3.03. The zero-order valence-corrected chi connectivity index (χ0v) is 12.5. The lowest BCUT2D eigenvalue weighted by molar-refractivity contribution is 0.391. The molecule has 0 atom stereocenters. The molecule has 0 spiro atoms. The summed E-state index contributed by atoms with van der Waals surface area (Å²) >= 11 is 1.74. The van der Waals surface area contributed by atoms with Gasteiger partial charge in [-0.2, -0.15) is 5.10 Å². The molecule has 0 aromatic carbocycles. The average molecular weight is 278 g/mol. The van der Waals surface area contributed by atoms with Gasteiger partial charge in [-0.25, -0.2) is 0 Å². The first-order valence-corrected chi connectivity index (χ1v) is 7.57. The smallest absolute Gasteiger partial charge is 0.0794 e. The summed E-state index contributed by atoms with van der Waals surface area (Å²) in [5.41, 5.74) is 2.39. The number of rotatable bonds is 8. The van der Waals surface area contributed by atoms with E-state index in [0.29, 0.717) is 0 Å². The van der Waals surface area contributed by atoms with Crippen molar-refractivity contribution in [2.75, 3.05) is 27.2 Å². The number of hydrogen-bond acceptors (Lipinski definition) is 4. The Bertz CT molecular complexity index is 462. The SMILES string of the molecule is CN(C)CCCCNCc1cn[nH]c1-c1cccs1. The van der Waals surface area contributed by atoms with Gasteiger partial charge in [0.15, 0.2) is 0 Å². The van der Waals surface area contributed by atoms with Gasteiger partial charge in [0.25, 0.3) is 0 Å². The van der Waals surface area contributed by atoms with E-state index in [4.69, 9.17) is 0 Å². The van der Waals surface area contributed by atoms with Gasteiger partial charge in [0, 0.05) is 12.1 Å². The Morgan fingerprint density at radius 1 is 1.37 bits per heavy atom. The van der Waals surface area contributed by atoms with Gasteiger partial charge in [0.1, 0.15) is 0 Å². The molecule has 2 heterocycles. The Kier molecular flexibility index (Phi) is 5.57. The Morgan fingerprint density at radius 3 is 3.00 bits per heavy atom. The number of hydrogen-bond donors (Lipinski definition) is 2. The quantitative estimate of drug-likeness (QED) is 0.729. The lowest BCUT2D eigenvalue weighted by Gasteiger charge is -2.09. The minimum Gasteiger partial charge on any atom is -0.313 e. The third-order valence-corrected chi connectivity index (χ3v) is 3.90. The summed E-state index contributed by atoms with van der Waals surface area (Å²) in [4.78, 5) is 3.48. The summed E-state index contributed by atoms with van der Waals surface area (Å²) < 4.78 is 0.